The normalized spacial score (nSPS) is 11.6. The summed E-state index contributed by atoms with van der Waals surface area (Å²) in [5.74, 6) is 0.549. The van der Waals surface area contributed by atoms with Crippen LogP contribution in [-0.2, 0) is 6.42 Å². The summed E-state index contributed by atoms with van der Waals surface area (Å²) < 4.78 is 7.67. The summed E-state index contributed by atoms with van der Waals surface area (Å²) in [6.45, 7) is 3.94. The molecule has 4 aromatic heterocycles. The van der Waals surface area contributed by atoms with E-state index in [0.717, 1.165) is 38.0 Å². The quantitative estimate of drug-likeness (QED) is 0.425. The molecule has 5 rings (SSSR count). The Kier molecular flexibility index (Phi) is 3.91. The van der Waals surface area contributed by atoms with Crippen LogP contribution in [0, 0.1) is 13.8 Å². The van der Waals surface area contributed by atoms with Gasteiger partial charge >= 0.3 is 0 Å². The number of rotatable bonds is 4. The van der Waals surface area contributed by atoms with E-state index in [1.165, 1.54) is 11.8 Å². The van der Waals surface area contributed by atoms with Crippen molar-refractivity contribution >= 4 is 39.6 Å². The van der Waals surface area contributed by atoms with Crippen LogP contribution in [0.1, 0.15) is 22.3 Å². The second-order valence-electron chi connectivity index (χ2n) is 6.09. The van der Waals surface area contributed by atoms with Crippen LogP contribution < -0.4 is 0 Å². The molecule has 0 radical (unpaired) electrons. The summed E-state index contributed by atoms with van der Waals surface area (Å²) in [7, 11) is 0. The molecule has 0 spiro atoms. The van der Waals surface area contributed by atoms with Crippen molar-refractivity contribution in [3.8, 4) is 0 Å². The Morgan fingerprint density at radius 1 is 1.15 bits per heavy atom. The Morgan fingerprint density at radius 2 is 2.04 bits per heavy atom. The minimum atomic E-state index is 0.468. The molecule has 0 aliphatic heterocycles. The number of aryl methyl sites for hydroxylation is 2. The fourth-order valence-corrected chi connectivity index (χ4v) is 4.32. The molecule has 0 unspecified atom stereocenters. The molecule has 0 saturated carbocycles. The first-order valence-corrected chi connectivity index (χ1v) is 10.0. The second-order valence-corrected chi connectivity index (χ2v) is 8.09. The number of para-hydroxylation sites is 1. The van der Waals surface area contributed by atoms with Crippen LogP contribution in [0.2, 0.25) is 0 Å². The van der Waals surface area contributed by atoms with Gasteiger partial charge < -0.3 is 4.42 Å². The average Bonchev–Trinajstić information content (AvgIpc) is 3.36. The predicted molar refractivity (Wildman–Crippen MR) is 103 cm³/mol. The van der Waals surface area contributed by atoms with Gasteiger partial charge in [-0.1, -0.05) is 18.2 Å². The zero-order valence-electron chi connectivity index (χ0n) is 14.6. The fourth-order valence-electron chi connectivity index (χ4n) is 2.90. The monoisotopic (exact) mass is 394 g/mol. The lowest BCUT2D eigenvalue weighted by Gasteiger charge is -2.05. The third kappa shape index (κ3) is 3.08. The van der Waals surface area contributed by atoms with Crippen molar-refractivity contribution in [1.29, 1.82) is 0 Å². The molecule has 134 valence electrons. The van der Waals surface area contributed by atoms with E-state index < -0.39 is 0 Å². The zero-order valence-corrected chi connectivity index (χ0v) is 16.2. The molecule has 27 heavy (non-hydrogen) atoms. The summed E-state index contributed by atoms with van der Waals surface area (Å²) in [4.78, 5) is 9.18. The third-order valence-corrected chi connectivity index (χ3v) is 5.69. The van der Waals surface area contributed by atoms with Gasteiger partial charge in [0.1, 0.15) is 5.03 Å². The van der Waals surface area contributed by atoms with Crippen molar-refractivity contribution in [3.63, 3.8) is 0 Å². The third-order valence-electron chi connectivity index (χ3n) is 4.02. The van der Waals surface area contributed by atoms with E-state index in [4.69, 9.17) is 9.40 Å². The molecule has 1 aromatic carbocycles. The van der Waals surface area contributed by atoms with E-state index in [9.17, 15) is 0 Å². The van der Waals surface area contributed by atoms with E-state index in [2.05, 4.69) is 20.3 Å². The number of hydrogen-bond donors (Lipinski definition) is 0. The molecule has 0 N–H and O–H groups in total. The maximum absolute atomic E-state index is 5.81. The first-order chi connectivity index (χ1) is 13.2. The van der Waals surface area contributed by atoms with Gasteiger partial charge in [0.15, 0.2) is 5.65 Å². The fraction of sp³-hybridized carbons (Fsp3) is 0.167. The van der Waals surface area contributed by atoms with Crippen LogP contribution in [0.3, 0.4) is 0 Å². The maximum atomic E-state index is 5.81. The number of thiazole rings is 1. The summed E-state index contributed by atoms with van der Waals surface area (Å²) in [6, 6.07) is 10.00. The van der Waals surface area contributed by atoms with Crippen molar-refractivity contribution in [2.24, 2.45) is 0 Å². The van der Waals surface area contributed by atoms with Crippen LogP contribution >= 0.6 is 23.1 Å². The molecule has 0 bridgehead atoms. The van der Waals surface area contributed by atoms with Crippen molar-refractivity contribution in [2.75, 3.05) is 0 Å². The Hall–Kier alpha value is -2.78. The largest absolute Gasteiger partial charge is 0.415 e. The van der Waals surface area contributed by atoms with Gasteiger partial charge in [0.2, 0.25) is 5.89 Å². The molecule has 0 fully saturated rings. The molecule has 9 heteroatoms. The molecule has 5 aromatic rings. The van der Waals surface area contributed by atoms with E-state index in [-0.39, 0.29) is 0 Å². The van der Waals surface area contributed by atoms with Gasteiger partial charge in [-0.2, -0.15) is 5.10 Å². The van der Waals surface area contributed by atoms with Gasteiger partial charge in [0, 0.05) is 16.8 Å². The summed E-state index contributed by atoms with van der Waals surface area (Å²) in [5.41, 5.74) is 3.66. The number of nitrogens with zero attached hydrogens (tertiary/aromatic N) is 6. The van der Waals surface area contributed by atoms with Gasteiger partial charge in [0.05, 0.1) is 28.3 Å². The number of hydrogen-bond acceptors (Lipinski definition) is 8. The summed E-state index contributed by atoms with van der Waals surface area (Å²) in [5, 5.41) is 18.2. The Labute approximate surface area is 162 Å². The summed E-state index contributed by atoms with van der Waals surface area (Å²) >= 11 is 2.98. The standard InChI is InChI=1S/C18H14N6OS2/c1-10-7-15-20-17(13-5-3-4-6-14(13)24(15)23-10)27-18-22-21-16(25-18)8-12-9-26-11(2)19-12/h3-7,9H,8H2,1-2H3. The molecular weight excluding hydrogens is 380 g/mol. The van der Waals surface area contributed by atoms with Gasteiger partial charge in [-0.05, 0) is 31.7 Å². The number of aromatic nitrogens is 6. The van der Waals surface area contributed by atoms with Crippen LogP contribution in [0.5, 0.6) is 0 Å². The maximum Gasteiger partial charge on any atom is 0.282 e. The molecule has 0 saturated heterocycles. The van der Waals surface area contributed by atoms with Crippen molar-refractivity contribution in [3.05, 3.63) is 58.0 Å². The zero-order chi connectivity index (χ0) is 18.4. The smallest absolute Gasteiger partial charge is 0.282 e. The molecule has 0 amide bonds. The van der Waals surface area contributed by atoms with Crippen LogP contribution in [0.4, 0.5) is 0 Å². The van der Waals surface area contributed by atoms with E-state index >= 15 is 0 Å². The highest BCUT2D eigenvalue weighted by atomic mass is 32.2. The SMILES string of the molecule is Cc1cc2nc(Sc3nnc(Cc4csc(C)n4)o3)c3ccccc3n2n1. The number of fused-ring (bicyclic) bond motifs is 3. The average molecular weight is 394 g/mol. The van der Waals surface area contributed by atoms with Gasteiger partial charge in [0.25, 0.3) is 5.22 Å². The molecule has 0 aliphatic carbocycles. The second kappa shape index (κ2) is 6.43. The molecule has 7 nitrogen and oxygen atoms in total. The van der Waals surface area contributed by atoms with Crippen molar-refractivity contribution < 1.29 is 4.42 Å². The van der Waals surface area contributed by atoms with Crippen LogP contribution in [0.25, 0.3) is 16.6 Å². The molecule has 0 atom stereocenters. The molecular formula is C18H14N6OS2. The lowest BCUT2D eigenvalue weighted by molar-refractivity contribution is 0.419. The highest BCUT2D eigenvalue weighted by Gasteiger charge is 2.15. The van der Waals surface area contributed by atoms with E-state index in [0.29, 0.717) is 17.5 Å². The highest BCUT2D eigenvalue weighted by Crippen LogP contribution is 2.32. The van der Waals surface area contributed by atoms with Crippen LogP contribution in [0.15, 0.2) is 50.4 Å². The first kappa shape index (κ1) is 16.4. The van der Waals surface area contributed by atoms with E-state index in [1.807, 2.05) is 54.1 Å². The van der Waals surface area contributed by atoms with Crippen LogP contribution in [-0.4, -0.2) is 29.8 Å². The van der Waals surface area contributed by atoms with Gasteiger partial charge in [-0.25, -0.2) is 14.5 Å². The topological polar surface area (TPSA) is 82.0 Å². The highest BCUT2D eigenvalue weighted by molar-refractivity contribution is 7.99. The van der Waals surface area contributed by atoms with Gasteiger partial charge in [-0.3, -0.25) is 0 Å². The predicted octanol–water partition coefficient (Wildman–Crippen LogP) is 4.08. The Bertz CT molecular complexity index is 1270. The summed E-state index contributed by atoms with van der Waals surface area (Å²) in [6.07, 6.45) is 0.535. The van der Waals surface area contributed by atoms with E-state index in [1.54, 1.807) is 11.3 Å². The molecule has 4 heterocycles. The molecule has 0 aliphatic rings. The minimum Gasteiger partial charge on any atom is -0.415 e. The number of benzene rings is 1. The van der Waals surface area contributed by atoms with Crippen molar-refractivity contribution in [1.82, 2.24) is 29.8 Å². The van der Waals surface area contributed by atoms with Gasteiger partial charge in [-0.15, -0.1) is 21.5 Å². The van der Waals surface area contributed by atoms with Crippen molar-refractivity contribution in [2.45, 2.75) is 30.5 Å². The lowest BCUT2D eigenvalue weighted by Crippen LogP contribution is -1.95. The Balaban J connectivity index is 1.50. The minimum absolute atomic E-state index is 0.468. The first-order valence-electron chi connectivity index (χ1n) is 8.32. The lowest BCUT2D eigenvalue weighted by atomic mass is 10.2. The Morgan fingerprint density at radius 3 is 2.89 bits per heavy atom.